The van der Waals surface area contributed by atoms with Crippen molar-refractivity contribution in [3.05, 3.63) is 46.5 Å². The molecule has 0 saturated heterocycles. The highest BCUT2D eigenvalue weighted by Gasteiger charge is 2.48. The van der Waals surface area contributed by atoms with Gasteiger partial charge in [-0.3, -0.25) is 9.89 Å². The summed E-state index contributed by atoms with van der Waals surface area (Å²) in [4.78, 5) is 16.3. The molecule has 1 amide bonds. The second-order valence-corrected chi connectivity index (χ2v) is 6.74. The molecule has 1 heterocycles. The van der Waals surface area contributed by atoms with E-state index in [0.29, 0.717) is 5.92 Å². The van der Waals surface area contributed by atoms with Gasteiger partial charge in [0.15, 0.2) is 0 Å². The minimum atomic E-state index is 0.0594. The first-order valence-corrected chi connectivity index (χ1v) is 7.93. The molecule has 0 spiro atoms. The van der Waals surface area contributed by atoms with Crippen LogP contribution >= 0.6 is 15.9 Å². The molecule has 2 saturated carbocycles. The van der Waals surface area contributed by atoms with Crippen LogP contribution in [0.3, 0.4) is 0 Å². The lowest BCUT2D eigenvalue weighted by Crippen LogP contribution is -2.28. The molecule has 4 atom stereocenters. The summed E-state index contributed by atoms with van der Waals surface area (Å²) >= 11 is 3.44. The van der Waals surface area contributed by atoms with Crippen molar-refractivity contribution in [2.75, 3.05) is 0 Å². The molecule has 0 unspecified atom stereocenters. The number of amides is 1. The molecule has 0 bridgehead atoms. The number of H-pyrrole nitrogens is 1. The van der Waals surface area contributed by atoms with Crippen LogP contribution < -0.4 is 5.32 Å². The smallest absolute Gasteiger partial charge is 0.224 e. The van der Waals surface area contributed by atoms with Crippen LogP contribution in [0.2, 0.25) is 0 Å². The molecule has 108 valence electrons. The Bertz CT molecular complexity index is 655. The number of hydrogen-bond donors (Lipinski definition) is 2. The highest BCUT2D eigenvalue weighted by atomic mass is 79.9. The van der Waals surface area contributed by atoms with Gasteiger partial charge < -0.3 is 5.32 Å². The van der Waals surface area contributed by atoms with Crippen molar-refractivity contribution >= 4 is 21.8 Å². The van der Waals surface area contributed by atoms with Crippen LogP contribution in [-0.2, 0) is 4.79 Å². The summed E-state index contributed by atoms with van der Waals surface area (Å²) < 4.78 is 1.08. The molecule has 1 aromatic heterocycles. The number of rotatable bonds is 4. The fraction of sp³-hybridized carbons (Fsp3) is 0.400. The summed E-state index contributed by atoms with van der Waals surface area (Å²) in [5, 5.41) is 9.84. The molecule has 2 fully saturated rings. The second kappa shape index (κ2) is 4.94. The van der Waals surface area contributed by atoms with E-state index < -0.39 is 0 Å². The Kier molecular flexibility index (Phi) is 3.06. The number of hydrogen-bond acceptors (Lipinski definition) is 3. The van der Waals surface area contributed by atoms with Gasteiger partial charge in [0.25, 0.3) is 0 Å². The predicted molar refractivity (Wildman–Crippen MR) is 80.7 cm³/mol. The molecule has 2 N–H and O–H groups in total. The molecule has 0 aliphatic heterocycles. The fourth-order valence-corrected chi connectivity index (χ4v) is 3.17. The normalized spacial score (nSPS) is 30.0. The molecule has 1 aromatic carbocycles. The third kappa shape index (κ3) is 2.60. The van der Waals surface area contributed by atoms with Crippen LogP contribution in [0, 0.1) is 5.92 Å². The maximum Gasteiger partial charge on any atom is 0.224 e. The van der Waals surface area contributed by atoms with Gasteiger partial charge in [-0.1, -0.05) is 28.1 Å². The lowest BCUT2D eigenvalue weighted by Gasteiger charge is -2.04. The van der Waals surface area contributed by atoms with Crippen LogP contribution in [-0.4, -0.2) is 27.1 Å². The van der Waals surface area contributed by atoms with Crippen molar-refractivity contribution in [1.82, 2.24) is 20.5 Å². The maximum absolute atomic E-state index is 12.2. The van der Waals surface area contributed by atoms with E-state index in [4.69, 9.17) is 0 Å². The van der Waals surface area contributed by atoms with Gasteiger partial charge in [0, 0.05) is 28.3 Å². The Morgan fingerprint density at radius 1 is 1.24 bits per heavy atom. The van der Waals surface area contributed by atoms with E-state index in [0.717, 1.165) is 23.1 Å². The minimum Gasteiger partial charge on any atom is -0.352 e. The summed E-state index contributed by atoms with van der Waals surface area (Å²) in [5.41, 5.74) is 1.30. The summed E-state index contributed by atoms with van der Waals surface area (Å²) in [6, 6.07) is 8.63. The summed E-state index contributed by atoms with van der Waals surface area (Å²) in [5.74, 6) is 1.72. The molecule has 21 heavy (non-hydrogen) atoms. The highest BCUT2D eigenvalue weighted by Crippen LogP contribution is 2.47. The Balaban J connectivity index is 1.32. The zero-order valence-electron chi connectivity index (χ0n) is 11.3. The lowest BCUT2D eigenvalue weighted by atomic mass is 10.1. The Morgan fingerprint density at radius 3 is 2.76 bits per heavy atom. The molecule has 5 nitrogen and oxygen atoms in total. The van der Waals surface area contributed by atoms with E-state index in [9.17, 15) is 4.79 Å². The number of nitrogens with one attached hydrogen (secondary N) is 2. The summed E-state index contributed by atoms with van der Waals surface area (Å²) in [6.45, 7) is 0. The average molecular weight is 347 g/mol. The number of aromatic nitrogens is 3. The number of carbonyl (C=O) groups excluding carboxylic acids is 1. The molecule has 6 heteroatoms. The van der Waals surface area contributed by atoms with Gasteiger partial charge in [-0.2, -0.15) is 5.10 Å². The number of benzene rings is 1. The zero-order chi connectivity index (χ0) is 14.4. The first kappa shape index (κ1) is 13.0. The van der Waals surface area contributed by atoms with E-state index in [-0.39, 0.29) is 23.8 Å². The Labute approximate surface area is 130 Å². The molecular formula is C15H15BrN4O. The largest absolute Gasteiger partial charge is 0.352 e. The molecule has 2 aliphatic carbocycles. The maximum atomic E-state index is 12.2. The van der Waals surface area contributed by atoms with Crippen molar-refractivity contribution in [1.29, 1.82) is 0 Å². The highest BCUT2D eigenvalue weighted by molar-refractivity contribution is 9.10. The van der Waals surface area contributed by atoms with Gasteiger partial charge in [0.05, 0.1) is 0 Å². The summed E-state index contributed by atoms with van der Waals surface area (Å²) in [7, 11) is 0. The van der Waals surface area contributed by atoms with E-state index in [1.54, 1.807) is 0 Å². The van der Waals surface area contributed by atoms with E-state index in [1.165, 1.54) is 11.9 Å². The Hall–Kier alpha value is -1.69. The van der Waals surface area contributed by atoms with Crippen LogP contribution in [0.15, 0.2) is 35.1 Å². The molecule has 2 aromatic rings. The third-order valence-electron chi connectivity index (χ3n) is 4.33. The molecule has 2 aliphatic rings. The van der Waals surface area contributed by atoms with Crippen molar-refractivity contribution < 1.29 is 4.79 Å². The van der Waals surface area contributed by atoms with Gasteiger partial charge >= 0.3 is 0 Å². The first-order valence-electron chi connectivity index (χ1n) is 7.13. The van der Waals surface area contributed by atoms with E-state index in [2.05, 4.69) is 48.6 Å². The SMILES string of the molecule is O=C(N[C@@H]1C[C@H]1c1ccc(Br)cc1)[C@@H]1C[C@@H]1c1ncn[nH]1. The van der Waals surface area contributed by atoms with Crippen molar-refractivity contribution in [3.8, 4) is 0 Å². The molecule has 4 rings (SSSR count). The van der Waals surface area contributed by atoms with Crippen LogP contribution in [0.5, 0.6) is 0 Å². The zero-order valence-corrected chi connectivity index (χ0v) is 12.9. The third-order valence-corrected chi connectivity index (χ3v) is 4.86. The van der Waals surface area contributed by atoms with Crippen molar-refractivity contribution in [2.24, 2.45) is 5.92 Å². The quantitative estimate of drug-likeness (QED) is 0.892. The topological polar surface area (TPSA) is 70.7 Å². The monoisotopic (exact) mass is 346 g/mol. The van der Waals surface area contributed by atoms with Crippen LogP contribution in [0.25, 0.3) is 0 Å². The number of halogens is 1. The van der Waals surface area contributed by atoms with Crippen LogP contribution in [0.4, 0.5) is 0 Å². The van der Waals surface area contributed by atoms with Crippen LogP contribution in [0.1, 0.15) is 36.1 Å². The van der Waals surface area contributed by atoms with E-state index >= 15 is 0 Å². The predicted octanol–water partition coefficient (Wildman–Crippen LogP) is 2.34. The number of carbonyl (C=O) groups is 1. The standard InChI is InChI=1S/C15H15BrN4O/c16-9-3-1-8(2-4-9)10-6-13(10)19-15(21)12-5-11(12)14-17-7-18-20-14/h1-4,7,10-13H,5-6H2,(H,19,21)(H,17,18,20)/t10-,11-,12+,13+/m0/s1. The molecule has 0 radical (unpaired) electrons. The average Bonchev–Trinajstić information content (AvgIpc) is 3.38. The van der Waals surface area contributed by atoms with Gasteiger partial charge in [0.2, 0.25) is 5.91 Å². The van der Waals surface area contributed by atoms with Crippen molar-refractivity contribution in [3.63, 3.8) is 0 Å². The summed E-state index contributed by atoms with van der Waals surface area (Å²) in [6.07, 6.45) is 3.40. The van der Waals surface area contributed by atoms with Gasteiger partial charge in [-0.25, -0.2) is 4.98 Å². The molecular weight excluding hydrogens is 332 g/mol. The number of nitrogens with zero attached hydrogens (tertiary/aromatic N) is 2. The van der Waals surface area contributed by atoms with Gasteiger partial charge in [0.1, 0.15) is 12.2 Å². The Morgan fingerprint density at radius 2 is 2.05 bits per heavy atom. The minimum absolute atomic E-state index is 0.0594. The number of aromatic amines is 1. The first-order chi connectivity index (χ1) is 10.2. The van der Waals surface area contributed by atoms with Gasteiger partial charge in [-0.05, 0) is 30.5 Å². The lowest BCUT2D eigenvalue weighted by molar-refractivity contribution is -0.122. The second-order valence-electron chi connectivity index (χ2n) is 5.83. The fourth-order valence-electron chi connectivity index (χ4n) is 2.90. The van der Waals surface area contributed by atoms with Crippen molar-refractivity contribution in [2.45, 2.75) is 30.7 Å². The van der Waals surface area contributed by atoms with Gasteiger partial charge in [-0.15, -0.1) is 0 Å². The van der Waals surface area contributed by atoms with E-state index in [1.807, 2.05) is 12.1 Å².